The van der Waals surface area contributed by atoms with E-state index in [-0.39, 0.29) is 24.4 Å². The molecule has 0 aromatic heterocycles. The summed E-state index contributed by atoms with van der Waals surface area (Å²) in [4.78, 5) is 10.7. The number of hydrogen-bond donors (Lipinski definition) is 1. The van der Waals surface area contributed by atoms with Crippen LogP contribution in [0, 0.1) is 5.92 Å². The predicted molar refractivity (Wildman–Crippen MR) is 55.9 cm³/mol. The lowest BCUT2D eigenvalue weighted by molar-refractivity contribution is -0.140. The van der Waals surface area contributed by atoms with Gasteiger partial charge in [-0.3, -0.25) is 4.79 Å². The molecular weight excluding hydrogens is 190 g/mol. The molecule has 4 heteroatoms. The zero-order valence-corrected chi connectivity index (χ0v) is 9.39. The summed E-state index contributed by atoms with van der Waals surface area (Å²) in [5, 5.41) is 0. The van der Waals surface area contributed by atoms with E-state index < -0.39 is 0 Å². The first-order valence-corrected chi connectivity index (χ1v) is 4.40. The van der Waals surface area contributed by atoms with Gasteiger partial charge in [0.05, 0.1) is 7.11 Å². The van der Waals surface area contributed by atoms with Crippen molar-refractivity contribution in [1.29, 1.82) is 0 Å². The number of esters is 1. The molecule has 0 saturated carbocycles. The first-order chi connectivity index (χ1) is 5.57. The summed E-state index contributed by atoms with van der Waals surface area (Å²) in [5.74, 6) is 0.349. The van der Waals surface area contributed by atoms with Gasteiger partial charge in [0.25, 0.3) is 0 Å². The minimum atomic E-state index is -0.133. The SMILES string of the molecule is COC(=O)CCCC(C)C(C)N.Cl. The zero-order chi connectivity index (χ0) is 9.56. The highest BCUT2D eigenvalue weighted by molar-refractivity contribution is 5.85. The molecule has 0 bridgehead atoms. The molecule has 2 N–H and O–H groups in total. The van der Waals surface area contributed by atoms with Crippen molar-refractivity contribution in [2.45, 2.75) is 39.2 Å². The molecule has 0 heterocycles. The number of hydrogen-bond acceptors (Lipinski definition) is 3. The first kappa shape index (κ1) is 15.2. The Kier molecular flexibility index (Phi) is 9.74. The van der Waals surface area contributed by atoms with Gasteiger partial charge in [0.1, 0.15) is 0 Å². The Morgan fingerprint density at radius 3 is 2.38 bits per heavy atom. The Bertz CT molecular complexity index is 140. The Balaban J connectivity index is 0. The van der Waals surface area contributed by atoms with Crippen LogP contribution in [0.5, 0.6) is 0 Å². The third-order valence-corrected chi connectivity index (χ3v) is 2.17. The third kappa shape index (κ3) is 8.06. The first-order valence-electron chi connectivity index (χ1n) is 4.40. The molecule has 0 fully saturated rings. The average Bonchev–Trinajstić information content (AvgIpc) is 2.03. The van der Waals surface area contributed by atoms with Crippen molar-refractivity contribution in [3.8, 4) is 0 Å². The zero-order valence-electron chi connectivity index (χ0n) is 8.58. The highest BCUT2D eigenvalue weighted by Crippen LogP contribution is 2.10. The van der Waals surface area contributed by atoms with E-state index in [2.05, 4.69) is 11.7 Å². The predicted octanol–water partition coefficient (Wildman–Crippen LogP) is 1.73. The van der Waals surface area contributed by atoms with Crippen LogP contribution in [-0.4, -0.2) is 19.1 Å². The van der Waals surface area contributed by atoms with Gasteiger partial charge in [-0.25, -0.2) is 0 Å². The van der Waals surface area contributed by atoms with Crippen molar-refractivity contribution in [1.82, 2.24) is 0 Å². The van der Waals surface area contributed by atoms with Gasteiger partial charge in [0, 0.05) is 12.5 Å². The van der Waals surface area contributed by atoms with Gasteiger partial charge in [0.2, 0.25) is 0 Å². The van der Waals surface area contributed by atoms with Gasteiger partial charge < -0.3 is 10.5 Å². The van der Waals surface area contributed by atoms with E-state index in [0.29, 0.717) is 12.3 Å². The van der Waals surface area contributed by atoms with Crippen molar-refractivity contribution >= 4 is 18.4 Å². The van der Waals surface area contributed by atoms with Crippen LogP contribution in [0.15, 0.2) is 0 Å². The fourth-order valence-electron chi connectivity index (χ4n) is 0.933. The van der Waals surface area contributed by atoms with Gasteiger partial charge >= 0.3 is 5.97 Å². The molecule has 0 spiro atoms. The van der Waals surface area contributed by atoms with E-state index >= 15 is 0 Å². The summed E-state index contributed by atoms with van der Waals surface area (Å²) in [6.45, 7) is 4.09. The monoisotopic (exact) mass is 209 g/mol. The molecule has 0 aliphatic rings. The van der Waals surface area contributed by atoms with E-state index in [1.165, 1.54) is 7.11 Å². The van der Waals surface area contributed by atoms with Crippen LogP contribution in [0.2, 0.25) is 0 Å². The van der Waals surface area contributed by atoms with Crippen molar-refractivity contribution in [2.24, 2.45) is 11.7 Å². The maximum Gasteiger partial charge on any atom is 0.305 e. The van der Waals surface area contributed by atoms with Crippen LogP contribution in [0.1, 0.15) is 33.1 Å². The molecule has 80 valence electrons. The molecule has 0 rings (SSSR count). The van der Waals surface area contributed by atoms with Crippen LogP contribution in [0.25, 0.3) is 0 Å². The van der Waals surface area contributed by atoms with Gasteiger partial charge in [-0.15, -0.1) is 12.4 Å². The summed E-state index contributed by atoms with van der Waals surface area (Å²) in [6.07, 6.45) is 2.37. The van der Waals surface area contributed by atoms with Gasteiger partial charge in [-0.1, -0.05) is 6.92 Å². The lowest BCUT2D eigenvalue weighted by Crippen LogP contribution is -2.24. The molecule has 3 nitrogen and oxygen atoms in total. The molecule has 13 heavy (non-hydrogen) atoms. The number of halogens is 1. The standard InChI is InChI=1S/C9H19NO2.ClH/c1-7(8(2)10)5-4-6-9(11)12-3;/h7-8H,4-6,10H2,1-3H3;1H. The van der Waals surface area contributed by atoms with Crippen LogP contribution < -0.4 is 5.73 Å². The molecule has 2 atom stereocenters. The minimum absolute atomic E-state index is 0. The quantitative estimate of drug-likeness (QED) is 0.702. The second kappa shape index (κ2) is 8.32. The normalized spacial score (nSPS) is 14.2. The molecule has 2 unspecified atom stereocenters. The summed E-state index contributed by atoms with van der Waals surface area (Å²) < 4.78 is 4.52. The number of rotatable bonds is 5. The van der Waals surface area contributed by atoms with Gasteiger partial charge in [-0.05, 0) is 25.7 Å². The molecular formula is C9H20ClNO2. The smallest absolute Gasteiger partial charge is 0.305 e. The van der Waals surface area contributed by atoms with Crippen molar-refractivity contribution in [2.75, 3.05) is 7.11 Å². The van der Waals surface area contributed by atoms with Crippen molar-refractivity contribution < 1.29 is 9.53 Å². The van der Waals surface area contributed by atoms with Crippen LogP contribution in [-0.2, 0) is 9.53 Å². The van der Waals surface area contributed by atoms with E-state index in [1.807, 2.05) is 6.92 Å². The van der Waals surface area contributed by atoms with E-state index in [1.54, 1.807) is 0 Å². The Morgan fingerprint density at radius 1 is 1.46 bits per heavy atom. The molecule has 0 aromatic rings. The van der Waals surface area contributed by atoms with E-state index in [0.717, 1.165) is 12.8 Å². The number of carbonyl (C=O) groups is 1. The van der Waals surface area contributed by atoms with Gasteiger partial charge in [0.15, 0.2) is 0 Å². The Morgan fingerprint density at radius 2 is 2.00 bits per heavy atom. The fourth-order valence-corrected chi connectivity index (χ4v) is 0.933. The van der Waals surface area contributed by atoms with Crippen LogP contribution in [0.4, 0.5) is 0 Å². The molecule has 0 aliphatic carbocycles. The number of ether oxygens (including phenoxy) is 1. The third-order valence-electron chi connectivity index (χ3n) is 2.17. The fraction of sp³-hybridized carbons (Fsp3) is 0.889. The number of methoxy groups -OCH3 is 1. The number of carbonyl (C=O) groups excluding carboxylic acids is 1. The van der Waals surface area contributed by atoms with E-state index in [4.69, 9.17) is 5.73 Å². The average molecular weight is 210 g/mol. The Hall–Kier alpha value is -0.280. The second-order valence-corrected chi connectivity index (χ2v) is 3.30. The largest absolute Gasteiger partial charge is 0.469 e. The maximum absolute atomic E-state index is 10.7. The summed E-state index contributed by atoms with van der Waals surface area (Å²) >= 11 is 0. The highest BCUT2D eigenvalue weighted by Gasteiger charge is 2.08. The lowest BCUT2D eigenvalue weighted by atomic mass is 9.98. The minimum Gasteiger partial charge on any atom is -0.469 e. The van der Waals surface area contributed by atoms with E-state index in [9.17, 15) is 4.79 Å². The summed E-state index contributed by atoms with van der Waals surface area (Å²) in [5.41, 5.74) is 5.67. The molecule has 0 saturated heterocycles. The maximum atomic E-state index is 10.7. The lowest BCUT2D eigenvalue weighted by Gasteiger charge is -2.14. The number of nitrogens with two attached hydrogens (primary N) is 1. The topological polar surface area (TPSA) is 52.3 Å². The molecule has 0 aliphatic heterocycles. The molecule has 0 radical (unpaired) electrons. The van der Waals surface area contributed by atoms with Gasteiger partial charge in [-0.2, -0.15) is 0 Å². The van der Waals surface area contributed by atoms with Crippen molar-refractivity contribution in [3.05, 3.63) is 0 Å². The second-order valence-electron chi connectivity index (χ2n) is 3.30. The summed E-state index contributed by atoms with van der Waals surface area (Å²) in [7, 11) is 1.41. The molecule has 0 aromatic carbocycles. The Labute approximate surface area is 86.4 Å². The van der Waals surface area contributed by atoms with Crippen LogP contribution in [0.3, 0.4) is 0 Å². The highest BCUT2D eigenvalue weighted by atomic mass is 35.5. The molecule has 0 amide bonds. The van der Waals surface area contributed by atoms with Crippen LogP contribution >= 0.6 is 12.4 Å². The summed E-state index contributed by atoms with van der Waals surface area (Å²) in [6, 6.07) is 0.211. The van der Waals surface area contributed by atoms with Crippen molar-refractivity contribution in [3.63, 3.8) is 0 Å².